The predicted molar refractivity (Wildman–Crippen MR) is 110 cm³/mol. The Balaban J connectivity index is 2.28. The van der Waals surface area contributed by atoms with Crippen LogP contribution in [0.5, 0.6) is 0 Å². The van der Waals surface area contributed by atoms with Gasteiger partial charge >= 0.3 is 0 Å². The van der Waals surface area contributed by atoms with Gasteiger partial charge in [0.25, 0.3) is 5.69 Å². The third-order valence-electron chi connectivity index (χ3n) is 4.02. The van der Waals surface area contributed by atoms with E-state index in [1.54, 1.807) is 30.1 Å². The van der Waals surface area contributed by atoms with Gasteiger partial charge < -0.3 is 9.80 Å². The molecule has 0 aromatic heterocycles. The van der Waals surface area contributed by atoms with Gasteiger partial charge in [0.1, 0.15) is 5.69 Å². The van der Waals surface area contributed by atoms with Gasteiger partial charge in [-0.05, 0) is 43.9 Å². The van der Waals surface area contributed by atoms with E-state index < -0.39 is 14.9 Å². The van der Waals surface area contributed by atoms with E-state index in [0.717, 1.165) is 11.6 Å². The first-order chi connectivity index (χ1) is 13.1. The van der Waals surface area contributed by atoms with Crippen molar-refractivity contribution in [1.29, 1.82) is 0 Å². The summed E-state index contributed by atoms with van der Waals surface area (Å²) in [6, 6.07) is 11.1. The number of nitro benzene ring substituents is 1. The molecule has 1 N–H and O–H groups in total. The summed E-state index contributed by atoms with van der Waals surface area (Å²) in [4.78, 5) is 14.3. The summed E-state index contributed by atoms with van der Waals surface area (Å²) in [5, 5.41) is 12.1. The van der Waals surface area contributed by atoms with Crippen LogP contribution in [0.1, 0.15) is 5.56 Å². The van der Waals surface area contributed by atoms with Crippen LogP contribution in [0, 0.1) is 10.1 Å². The lowest BCUT2D eigenvalue weighted by Crippen LogP contribution is -2.31. The van der Waals surface area contributed by atoms with Crippen molar-refractivity contribution in [1.82, 2.24) is 9.62 Å². The minimum absolute atomic E-state index is 0.141. The number of hydrogen-bond acceptors (Lipinski definition) is 6. The quantitative estimate of drug-likeness (QED) is 0.489. The first-order valence-electron chi connectivity index (χ1n) is 8.48. The summed E-state index contributed by atoms with van der Waals surface area (Å²) in [5.74, 6) is 0. The van der Waals surface area contributed by atoms with Gasteiger partial charge in [-0.1, -0.05) is 23.7 Å². The number of rotatable bonds is 9. The highest BCUT2D eigenvalue weighted by molar-refractivity contribution is 7.89. The highest BCUT2D eigenvalue weighted by atomic mass is 35.5. The largest absolute Gasteiger partial charge is 0.365 e. The van der Waals surface area contributed by atoms with Gasteiger partial charge in [0.2, 0.25) is 10.0 Å². The molecule has 0 unspecified atom stereocenters. The van der Waals surface area contributed by atoms with Gasteiger partial charge in [0.05, 0.1) is 9.82 Å². The van der Waals surface area contributed by atoms with Gasteiger partial charge in [0.15, 0.2) is 0 Å². The fraction of sp³-hybridized carbons (Fsp3) is 0.333. The molecule has 2 aromatic carbocycles. The number of nitro groups is 1. The number of nitrogens with zero attached hydrogens (tertiary/aromatic N) is 3. The smallest absolute Gasteiger partial charge is 0.293 e. The summed E-state index contributed by atoms with van der Waals surface area (Å²) < 4.78 is 27.3. The molecule has 0 radical (unpaired) electrons. The van der Waals surface area contributed by atoms with Crippen LogP contribution in [-0.4, -0.2) is 52.5 Å². The molecule has 0 bridgehead atoms. The molecule has 8 nitrogen and oxygen atoms in total. The topological polar surface area (TPSA) is 95.8 Å². The van der Waals surface area contributed by atoms with E-state index in [4.69, 9.17) is 11.6 Å². The molecule has 0 aliphatic rings. The zero-order valence-corrected chi connectivity index (χ0v) is 17.5. The highest BCUT2D eigenvalue weighted by Crippen LogP contribution is 2.31. The molecule has 0 spiro atoms. The second kappa shape index (κ2) is 9.33. The minimum Gasteiger partial charge on any atom is -0.365 e. The van der Waals surface area contributed by atoms with E-state index in [0.29, 0.717) is 23.8 Å². The normalized spacial score (nSPS) is 11.6. The van der Waals surface area contributed by atoms with Crippen LogP contribution in [0.2, 0.25) is 5.02 Å². The summed E-state index contributed by atoms with van der Waals surface area (Å²) in [6.07, 6.45) is 0. The minimum atomic E-state index is -3.84. The fourth-order valence-corrected chi connectivity index (χ4v) is 3.87. The molecule has 0 aliphatic heterocycles. The maximum Gasteiger partial charge on any atom is 0.293 e. The van der Waals surface area contributed by atoms with Crippen LogP contribution in [0.15, 0.2) is 47.4 Å². The van der Waals surface area contributed by atoms with Gasteiger partial charge in [-0.2, -0.15) is 0 Å². The van der Waals surface area contributed by atoms with E-state index in [1.807, 2.05) is 25.1 Å². The molecule has 0 amide bonds. The van der Waals surface area contributed by atoms with Crippen LogP contribution in [0.4, 0.5) is 11.4 Å². The SMILES string of the molecule is CN(C)CCNS(=O)(=O)c1ccc(N(C)Cc2cccc(Cl)c2)c([N+](=O)[O-])c1. The van der Waals surface area contributed by atoms with E-state index in [9.17, 15) is 18.5 Å². The second-order valence-electron chi connectivity index (χ2n) is 6.59. The van der Waals surface area contributed by atoms with Gasteiger partial charge in [-0.25, -0.2) is 13.1 Å². The van der Waals surface area contributed by atoms with E-state index in [1.165, 1.54) is 12.1 Å². The summed E-state index contributed by atoms with van der Waals surface area (Å²) in [5.41, 5.74) is 0.920. The van der Waals surface area contributed by atoms with Crippen molar-refractivity contribution >= 4 is 33.0 Å². The van der Waals surface area contributed by atoms with Gasteiger partial charge in [-0.15, -0.1) is 0 Å². The molecule has 0 atom stereocenters. The molecule has 0 saturated carbocycles. The molecule has 0 heterocycles. The Kier molecular flexibility index (Phi) is 7.36. The third kappa shape index (κ3) is 5.90. The molecule has 2 rings (SSSR count). The Morgan fingerprint density at radius 2 is 1.86 bits per heavy atom. The van der Waals surface area contributed by atoms with Crippen molar-refractivity contribution in [2.75, 3.05) is 39.1 Å². The number of nitrogens with one attached hydrogen (secondary N) is 1. The Morgan fingerprint density at radius 3 is 2.46 bits per heavy atom. The molecule has 28 heavy (non-hydrogen) atoms. The average Bonchev–Trinajstić information content (AvgIpc) is 2.60. The van der Waals surface area contributed by atoms with Crippen LogP contribution in [-0.2, 0) is 16.6 Å². The molecule has 0 aliphatic carbocycles. The maximum absolute atomic E-state index is 12.4. The molecule has 0 fully saturated rings. The number of halogens is 1. The Morgan fingerprint density at radius 1 is 1.14 bits per heavy atom. The first-order valence-corrected chi connectivity index (χ1v) is 10.3. The molecule has 10 heteroatoms. The van der Waals surface area contributed by atoms with Gasteiger partial charge in [-0.3, -0.25) is 10.1 Å². The molecular formula is C18H23ClN4O4S. The molecular weight excluding hydrogens is 404 g/mol. The zero-order valence-electron chi connectivity index (χ0n) is 15.9. The standard InChI is InChI=1S/C18H23ClN4O4S/c1-21(2)10-9-20-28(26,27)16-7-8-17(18(12-16)23(24)25)22(3)13-14-5-4-6-15(19)11-14/h4-8,11-12,20H,9-10,13H2,1-3H3. The van der Waals surface area contributed by atoms with Crippen molar-refractivity contribution in [3.8, 4) is 0 Å². The van der Waals surface area contributed by atoms with Crippen molar-refractivity contribution in [2.45, 2.75) is 11.4 Å². The van der Waals surface area contributed by atoms with E-state index in [2.05, 4.69) is 4.72 Å². The lowest BCUT2D eigenvalue weighted by atomic mass is 10.2. The van der Waals surface area contributed by atoms with Crippen LogP contribution in [0.3, 0.4) is 0 Å². The lowest BCUT2D eigenvalue weighted by Gasteiger charge is -2.20. The van der Waals surface area contributed by atoms with Gasteiger partial charge in [0, 0.05) is 37.8 Å². The number of hydrogen-bond donors (Lipinski definition) is 1. The summed E-state index contributed by atoms with van der Waals surface area (Å²) >= 11 is 5.98. The van der Waals surface area contributed by atoms with Crippen LogP contribution in [0.25, 0.3) is 0 Å². The van der Waals surface area contributed by atoms with E-state index >= 15 is 0 Å². The zero-order chi connectivity index (χ0) is 20.9. The summed E-state index contributed by atoms with van der Waals surface area (Å²) in [7, 11) is 1.51. The second-order valence-corrected chi connectivity index (χ2v) is 8.80. The number of likely N-dealkylation sites (N-methyl/N-ethyl adjacent to an activating group) is 1. The fourth-order valence-electron chi connectivity index (χ4n) is 2.62. The predicted octanol–water partition coefficient (Wildman–Crippen LogP) is 2.72. The van der Waals surface area contributed by atoms with Crippen molar-refractivity contribution in [2.24, 2.45) is 0 Å². The Hall–Kier alpha value is -2.20. The highest BCUT2D eigenvalue weighted by Gasteiger charge is 2.23. The number of anilines is 1. The molecule has 0 saturated heterocycles. The average molecular weight is 427 g/mol. The maximum atomic E-state index is 12.4. The van der Waals surface area contributed by atoms with Crippen molar-refractivity contribution in [3.05, 3.63) is 63.2 Å². The van der Waals surface area contributed by atoms with Crippen LogP contribution < -0.4 is 9.62 Å². The summed E-state index contributed by atoms with van der Waals surface area (Å²) in [6.45, 7) is 1.11. The number of sulfonamides is 1. The monoisotopic (exact) mass is 426 g/mol. The van der Waals surface area contributed by atoms with Crippen LogP contribution >= 0.6 is 11.6 Å². The lowest BCUT2D eigenvalue weighted by molar-refractivity contribution is -0.384. The Bertz CT molecular complexity index is 950. The third-order valence-corrected chi connectivity index (χ3v) is 5.72. The molecule has 2 aromatic rings. The Labute approximate surface area is 169 Å². The molecule has 152 valence electrons. The van der Waals surface area contributed by atoms with Crippen molar-refractivity contribution in [3.63, 3.8) is 0 Å². The van der Waals surface area contributed by atoms with Crippen molar-refractivity contribution < 1.29 is 13.3 Å². The first kappa shape index (κ1) is 22.1. The number of benzene rings is 2. The van der Waals surface area contributed by atoms with E-state index in [-0.39, 0.29) is 17.1 Å².